The van der Waals surface area contributed by atoms with Crippen molar-refractivity contribution >= 4 is 24.8 Å². The van der Waals surface area contributed by atoms with Gasteiger partial charge in [-0.2, -0.15) is 0 Å². The van der Waals surface area contributed by atoms with E-state index in [1.807, 2.05) is 0 Å². The van der Waals surface area contributed by atoms with Crippen LogP contribution in [-0.4, -0.2) is 52.4 Å². The van der Waals surface area contributed by atoms with Gasteiger partial charge in [0.05, 0.1) is 21.3 Å². The Morgan fingerprint density at radius 1 is 1.00 bits per heavy atom. The van der Waals surface area contributed by atoms with Gasteiger partial charge >= 0.3 is 0 Å². The molecule has 0 saturated carbocycles. The molecule has 24 heavy (non-hydrogen) atoms. The van der Waals surface area contributed by atoms with Gasteiger partial charge in [0, 0.05) is 32.2 Å². The summed E-state index contributed by atoms with van der Waals surface area (Å²) in [6, 6.07) is 4.56. The molecular formula is C17H30Cl2N2O3. The first kappa shape index (κ1) is 23.1. The fraction of sp³-hybridized carbons (Fsp3) is 0.647. The first-order chi connectivity index (χ1) is 10.7. The number of methoxy groups -OCH3 is 3. The van der Waals surface area contributed by atoms with Gasteiger partial charge in [-0.25, -0.2) is 0 Å². The summed E-state index contributed by atoms with van der Waals surface area (Å²) in [5, 5.41) is 3.42. The minimum atomic E-state index is 0. The van der Waals surface area contributed by atoms with Crippen molar-refractivity contribution in [1.82, 2.24) is 10.2 Å². The predicted octanol–water partition coefficient (Wildman–Crippen LogP) is 3.30. The fourth-order valence-electron chi connectivity index (χ4n) is 3.12. The van der Waals surface area contributed by atoms with Gasteiger partial charge in [0.1, 0.15) is 0 Å². The van der Waals surface area contributed by atoms with Crippen molar-refractivity contribution in [3.05, 3.63) is 17.7 Å². The van der Waals surface area contributed by atoms with Gasteiger partial charge in [-0.3, -0.25) is 4.90 Å². The Balaban J connectivity index is 0.00000264. The molecule has 1 fully saturated rings. The molecule has 7 heteroatoms. The normalized spacial score (nSPS) is 15.7. The maximum Gasteiger partial charge on any atom is 0.203 e. The Morgan fingerprint density at radius 2 is 1.54 bits per heavy atom. The summed E-state index contributed by atoms with van der Waals surface area (Å²) in [5.74, 6) is 2.12. The van der Waals surface area contributed by atoms with Crippen LogP contribution in [0, 0.1) is 0 Å². The maximum atomic E-state index is 5.50. The van der Waals surface area contributed by atoms with Crippen molar-refractivity contribution in [1.29, 1.82) is 0 Å². The number of benzene rings is 1. The summed E-state index contributed by atoms with van der Waals surface area (Å²) in [6.45, 7) is 6.46. The molecule has 1 aliphatic rings. The van der Waals surface area contributed by atoms with Gasteiger partial charge in [0.25, 0.3) is 0 Å². The highest BCUT2D eigenvalue weighted by atomic mass is 35.5. The lowest BCUT2D eigenvalue weighted by molar-refractivity contribution is 0.164. The van der Waals surface area contributed by atoms with E-state index < -0.39 is 0 Å². The van der Waals surface area contributed by atoms with E-state index >= 15 is 0 Å². The molecule has 0 unspecified atom stereocenters. The monoisotopic (exact) mass is 380 g/mol. The van der Waals surface area contributed by atoms with Crippen LogP contribution in [0.3, 0.4) is 0 Å². The van der Waals surface area contributed by atoms with E-state index in [1.54, 1.807) is 21.3 Å². The number of piperazine rings is 1. The first-order valence-electron chi connectivity index (χ1n) is 7.99. The summed E-state index contributed by atoms with van der Waals surface area (Å²) in [5.41, 5.74) is 1.23. The molecule has 5 nitrogen and oxygen atoms in total. The molecule has 1 saturated heterocycles. The van der Waals surface area contributed by atoms with Crippen LogP contribution in [0.1, 0.15) is 31.4 Å². The van der Waals surface area contributed by atoms with Gasteiger partial charge in [-0.1, -0.05) is 13.3 Å². The highest BCUT2D eigenvalue weighted by Gasteiger charge is 2.24. The topological polar surface area (TPSA) is 43.0 Å². The Morgan fingerprint density at radius 3 is 1.96 bits per heavy atom. The third-order valence-corrected chi connectivity index (χ3v) is 4.23. The van der Waals surface area contributed by atoms with Crippen LogP contribution in [0.2, 0.25) is 0 Å². The summed E-state index contributed by atoms with van der Waals surface area (Å²) < 4.78 is 16.4. The summed E-state index contributed by atoms with van der Waals surface area (Å²) >= 11 is 0. The quantitative estimate of drug-likeness (QED) is 0.785. The molecule has 0 spiro atoms. The van der Waals surface area contributed by atoms with Gasteiger partial charge in [0.15, 0.2) is 11.5 Å². The molecular weight excluding hydrogens is 351 g/mol. The van der Waals surface area contributed by atoms with Gasteiger partial charge in [0.2, 0.25) is 5.75 Å². The van der Waals surface area contributed by atoms with Crippen LogP contribution in [0.4, 0.5) is 0 Å². The molecule has 1 aliphatic heterocycles. The average Bonchev–Trinajstić information content (AvgIpc) is 2.59. The van der Waals surface area contributed by atoms with Crippen molar-refractivity contribution in [2.75, 3.05) is 47.5 Å². The zero-order valence-electron chi connectivity index (χ0n) is 15.0. The molecule has 2 rings (SSSR count). The summed E-state index contributed by atoms with van der Waals surface area (Å²) in [4.78, 5) is 2.54. The Kier molecular flexibility index (Phi) is 11.2. The van der Waals surface area contributed by atoms with Crippen LogP contribution in [0.15, 0.2) is 12.1 Å². The zero-order valence-corrected chi connectivity index (χ0v) is 16.6. The van der Waals surface area contributed by atoms with Crippen LogP contribution in [-0.2, 0) is 0 Å². The minimum absolute atomic E-state index is 0. The second-order valence-electron chi connectivity index (χ2n) is 5.55. The van der Waals surface area contributed by atoms with E-state index in [9.17, 15) is 0 Å². The van der Waals surface area contributed by atoms with Gasteiger partial charge in [-0.15, -0.1) is 24.8 Å². The second-order valence-corrected chi connectivity index (χ2v) is 5.55. The number of rotatable bonds is 7. The van der Waals surface area contributed by atoms with E-state index in [1.165, 1.54) is 5.56 Å². The third-order valence-electron chi connectivity index (χ3n) is 4.23. The molecule has 0 aromatic heterocycles. The molecule has 1 heterocycles. The van der Waals surface area contributed by atoms with E-state index in [4.69, 9.17) is 14.2 Å². The van der Waals surface area contributed by atoms with Crippen LogP contribution in [0.25, 0.3) is 0 Å². The van der Waals surface area contributed by atoms with E-state index in [0.29, 0.717) is 11.8 Å². The smallest absolute Gasteiger partial charge is 0.203 e. The number of nitrogens with zero attached hydrogens (tertiary/aromatic N) is 1. The van der Waals surface area contributed by atoms with Crippen molar-refractivity contribution < 1.29 is 14.2 Å². The lowest BCUT2D eigenvalue weighted by Crippen LogP contribution is -2.45. The number of halogens is 2. The van der Waals surface area contributed by atoms with Gasteiger partial charge in [-0.05, 0) is 24.1 Å². The van der Waals surface area contributed by atoms with Crippen LogP contribution in [0.5, 0.6) is 17.2 Å². The van der Waals surface area contributed by atoms with Crippen molar-refractivity contribution in [2.45, 2.75) is 25.8 Å². The van der Waals surface area contributed by atoms with Crippen LogP contribution < -0.4 is 19.5 Å². The van der Waals surface area contributed by atoms with Crippen molar-refractivity contribution in [2.24, 2.45) is 0 Å². The summed E-state index contributed by atoms with van der Waals surface area (Å²) in [7, 11) is 4.97. The minimum Gasteiger partial charge on any atom is -0.493 e. The Bertz CT molecular complexity index is 458. The standard InChI is InChI=1S/C17H28N2O3.2ClH/c1-5-6-14(19-9-7-18-8-10-19)13-11-15(20-2)17(22-4)16(12-13)21-3;;/h11-12,14,18H,5-10H2,1-4H3;2*1H/t14-;;/m1../s1. The fourth-order valence-corrected chi connectivity index (χ4v) is 3.12. The largest absolute Gasteiger partial charge is 0.493 e. The molecule has 140 valence electrons. The maximum absolute atomic E-state index is 5.50. The number of hydrogen-bond donors (Lipinski definition) is 1. The van der Waals surface area contributed by atoms with Gasteiger partial charge < -0.3 is 19.5 Å². The highest BCUT2D eigenvalue weighted by molar-refractivity contribution is 5.85. The zero-order chi connectivity index (χ0) is 15.9. The lowest BCUT2D eigenvalue weighted by atomic mass is 9.98. The predicted molar refractivity (Wildman–Crippen MR) is 103 cm³/mol. The average molecular weight is 381 g/mol. The van der Waals surface area contributed by atoms with Crippen molar-refractivity contribution in [3.63, 3.8) is 0 Å². The number of ether oxygens (including phenoxy) is 3. The number of nitrogens with one attached hydrogen (secondary N) is 1. The summed E-state index contributed by atoms with van der Waals surface area (Å²) in [6.07, 6.45) is 2.27. The molecule has 1 aromatic carbocycles. The molecule has 1 atom stereocenters. The second kappa shape index (κ2) is 11.6. The molecule has 1 aromatic rings. The highest BCUT2D eigenvalue weighted by Crippen LogP contribution is 2.41. The molecule has 0 radical (unpaired) electrons. The lowest BCUT2D eigenvalue weighted by Gasteiger charge is -2.35. The molecule has 1 N–H and O–H groups in total. The van der Waals surface area contributed by atoms with Crippen LogP contribution >= 0.6 is 24.8 Å². The van der Waals surface area contributed by atoms with E-state index in [-0.39, 0.29) is 24.8 Å². The first-order valence-corrected chi connectivity index (χ1v) is 7.99. The van der Waals surface area contributed by atoms with E-state index in [0.717, 1.165) is 50.5 Å². The molecule has 0 bridgehead atoms. The van der Waals surface area contributed by atoms with E-state index in [2.05, 4.69) is 29.3 Å². The third kappa shape index (κ3) is 5.31. The molecule has 0 aliphatic carbocycles. The van der Waals surface area contributed by atoms with Crippen molar-refractivity contribution in [3.8, 4) is 17.2 Å². The Labute approximate surface area is 157 Å². The number of hydrogen-bond acceptors (Lipinski definition) is 5. The molecule has 0 amide bonds. The Hall–Kier alpha value is -0.880. The SMILES string of the molecule is CCC[C@H](c1cc(OC)c(OC)c(OC)c1)N1CCNCC1.Cl.Cl.